The van der Waals surface area contributed by atoms with Crippen LogP contribution in [0.3, 0.4) is 0 Å². The van der Waals surface area contributed by atoms with Crippen molar-refractivity contribution >= 4 is 39.1 Å². The molecule has 0 saturated carbocycles. The van der Waals surface area contributed by atoms with Crippen LogP contribution in [-0.2, 0) is 38.8 Å². The molecule has 7 nitrogen and oxygen atoms in total. The van der Waals surface area contributed by atoms with Crippen molar-refractivity contribution in [2.75, 3.05) is 17.1 Å². The molecule has 3 aromatic carbocycles. The lowest BCUT2D eigenvalue weighted by molar-refractivity contribution is -0.142. The molecular weight excluding hydrogens is 615 g/mol. The molecule has 0 aliphatic rings. The fourth-order valence-electron chi connectivity index (χ4n) is 4.68. The summed E-state index contributed by atoms with van der Waals surface area (Å²) in [5, 5.41) is 3.42. The highest BCUT2D eigenvalue weighted by Crippen LogP contribution is 2.32. The Morgan fingerprint density at radius 2 is 1.55 bits per heavy atom. The number of nitrogens with zero attached hydrogens (tertiary/aromatic N) is 2. The zero-order valence-electron chi connectivity index (χ0n) is 25.1. The monoisotopic (exact) mass is 651 g/mol. The van der Waals surface area contributed by atoms with E-state index in [-0.39, 0.29) is 43.9 Å². The molecule has 2 amide bonds. The summed E-state index contributed by atoms with van der Waals surface area (Å²) in [6.45, 7) is 5.32. The summed E-state index contributed by atoms with van der Waals surface area (Å²) < 4.78 is 66.0. The molecule has 0 heterocycles. The Morgan fingerprint density at radius 1 is 0.909 bits per heavy atom. The number of sulfonamides is 1. The van der Waals surface area contributed by atoms with Crippen molar-refractivity contribution in [3.8, 4) is 0 Å². The van der Waals surface area contributed by atoms with Gasteiger partial charge in [0.25, 0.3) is 0 Å². The van der Waals surface area contributed by atoms with Crippen LogP contribution in [0.1, 0.15) is 50.3 Å². The number of alkyl halides is 3. The van der Waals surface area contributed by atoms with E-state index in [0.717, 1.165) is 34.3 Å². The lowest BCUT2D eigenvalue weighted by Crippen LogP contribution is -2.54. The fourth-order valence-corrected chi connectivity index (χ4v) is 5.85. The maximum absolute atomic E-state index is 13.9. The van der Waals surface area contributed by atoms with Crippen LogP contribution in [0.4, 0.5) is 18.9 Å². The predicted molar refractivity (Wildman–Crippen MR) is 167 cm³/mol. The third-order valence-corrected chi connectivity index (χ3v) is 8.05. The van der Waals surface area contributed by atoms with Crippen LogP contribution in [0.2, 0.25) is 5.02 Å². The van der Waals surface area contributed by atoms with Crippen LogP contribution in [-0.4, -0.2) is 49.5 Å². The molecule has 1 atom stereocenters. The van der Waals surface area contributed by atoms with Gasteiger partial charge in [0, 0.05) is 36.5 Å². The van der Waals surface area contributed by atoms with Crippen molar-refractivity contribution in [2.24, 2.45) is 0 Å². The highest BCUT2D eigenvalue weighted by atomic mass is 35.5. The van der Waals surface area contributed by atoms with Crippen LogP contribution < -0.4 is 9.62 Å². The second-order valence-corrected chi connectivity index (χ2v) is 13.9. The molecule has 0 bridgehead atoms. The summed E-state index contributed by atoms with van der Waals surface area (Å²) >= 11 is 6.21. The number of carbonyl (C=O) groups is 2. The first-order chi connectivity index (χ1) is 20.4. The number of amides is 2. The number of halogens is 4. The lowest BCUT2D eigenvalue weighted by atomic mass is 10.00. The van der Waals surface area contributed by atoms with E-state index in [1.54, 1.807) is 24.3 Å². The molecule has 0 unspecified atom stereocenters. The summed E-state index contributed by atoms with van der Waals surface area (Å²) in [6, 6.07) is 19.3. The molecule has 0 spiro atoms. The average molecular weight is 652 g/mol. The van der Waals surface area contributed by atoms with Crippen molar-refractivity contribution in [3.05, 3.63) is 101 Å². The van der Waals surface area contributed by atoms with Gasteiger partial charge in [-0.1, -0.05) is 60.1 Å². The number of hydrogen-bond donors (Lipinski definition) is 1. The van der Waals surface area contributed by atoms with Gasteiger partial charge in [0.15, 0.2) is 0 Å². The van der Waals surface area contributed by atoms with Crippen LogP contribution >= 0.6 is 11.6 Å². The van der Waals surface area contributed by atoms with E-state index in [4.69, 9.17) is 11.6 Å². The largest absolute Gasteiger partial charge is 0.416 e. The molecule has 0 aromatic heterocycles. The van der Waals surface area contributed by atoms with E-state index in [2.05, 4.69) is 5.32 Å². The quantitative estimate of drug-likeness (QED) is 0.244. The molecule has 44 heavy (non-hydrogen) atoms. The maximum atomic E-state index is 13.9. The fraction of sp³-hybridized carbons (Fsp3) is 0.375. The Morgan fingerprint density at radius 3 is 2.14 bits per heavy atom. The molecule has 0 saturated heterocycles. The van der Waals surface area contributed by atoms with E-state index in [1.807, 2.05) is 51.1 Å². The zero-order chi connectivity index (χ0) is 32.7. The highest BCUT2D eigenvalue weighted by Gasteiger charge is 2.33. The molecule has 0 fully saturated rings. The number of rotatable bonds is 12. The van der Waals surface area contributed by atoms with Gasteiger partial charge >= 0.3 is 6.18 Å². The van der Waals surface area contributed by atoms with Gasteiger partial charge in [-0.15, -0.1) is 0 Å². The van der Waals surface area contributed by atoms with Crippen LogP contribution in [0.15, 0.2) is 78.9 Å². The second-order valence-electron chi connectivity index (χ2n) is 11.6. The van der Waals surface area contributed by atoms with E-state index < -0.39 is 39.3 Å². The summed E-state index contributed by atoms with van der Waals surface area (Å²) in [7, 11) is -3.98. The lowest BCUT2D eigenvalue weighted by Gasteiger charge is -2.34. The van der Waals surface area contributed by atoms with Gasteiger partial charge in [-0.2, -0.15) is 13.2 Å². The van der Waals surface area contributed by atoms with Gasteiger partial charge in [-0.25, -0.2) is 8.42 Å². The molecule has 238 valence electrons. The van der Waals surface area contributed by atoms with Crippen LogP contribution in [0, 0.1) is 0 Å². The van der Waals surface area contributed by atoms with Gasteiger partial charge in [0.05, 0.1) is 17.5 Å². The third-order valence-electron chi connectivity index (χ3n) is 6.62. The molecule has 3 aromatic rings. The number of benzene rings is 3. The number of nitrogens with one attached hydrogen (secondary N) is 1. The summed E-state index contributed by atoms with van der Waals surface area (Å²) in [6.07, 6.45) is -3.72. The van der Waals surface area contributed by atoms with Crippen LogP contribution in [0.5, 0.6) is 0 Å². The maximum Gasteiger partial charge on any atom is 0.416 e. The normalized spacial score (nSPS) is 12.8. The Hall–Kier alpha value is -3.57. The van der Waals surface area contributed by atoms with Crippen molar-refractivity contribution in [2.45, 2.75) is 64.3 Å². The second kappa shape index (κ2) is 14.5. The minimum absolute atomic E-state index is 0.00680. The van der Waals surface area contributed by atoms with Gasteiger partial charge in [-0.05, 0) is 68.7 Å². The van der Waals surface area contributed by atoms with Crippen molar-refractivity contribution in [1.29, 1.82) is 0 Å². The molecule has 12 heteroatoms. The average Bonchev–Trinajstić information content (AvgIpc) is 2.91. The summed E-state index contributed by atoms with van der Waals surface area (Å²) in [5.41, 5.74) is -0.205. The van der Waals surface area contributed by atoms with Crippen molar-refractivity contribution < 1.29 is 31.2 Å². The summed E-state index contributed by atoms with van der Waals surface area (Å²) in [4.78, 5) is 29.0. The standard InChI is InChI=1S/C32H37ClF3N3O4S/c1-31(2,3)37-30(41)28(20-23-11-6-5-7-12-23)38(22-24-13-8-15-26(33)19-24)29(40)17-10-18-39(44(4,42)43)27-16-9-14-25(21-27)32(34,35)36/h5-9,11-16,19,21,28H,10,17-18,20,22H2,1-4H3,(H,37,41)/t28-/m0/s1. The third kappa shape index (κ3) is 10.6. The topological polar surface area (TPSA) is 86.8 Å². The number of hydrogen-bond acceptors (Lipinski definition) is 4. The first kappa shape index (κ1) is 34.9. The number of anilines is 1. The van der Waals surface area contributed by atoms with Gasteiger partial charge < -0.3 is 10.2 Å². The van der Waals surface area contributed by atoms with Gasteiger partial charge in [0.2, 0.25) is 21.8 Å². The molecule has 0 aliphatic carbocycles. The Bertz CT molecular complexity index is 1540. The zero-order valence-corrected chi connectivity index (χ0v) is 26.6. The van der Waals surface area contributed by atoms with Crippen LogP contribution in [0.25, 0.3) is 0 Å². The smallest absolute Gasteiger partial charge is 0.350 e. The van der Waals surface area contributed by atoms with E-state index >= 15 is 0 Å². The van der Waals surface area contributed by atoms with Gasteiger partial charge in [0.1, 0.15) is 6.04 Å². The molecular formula is C32H37ClF3N3O4S. The Balaban J connectivity index is 1.92. The van der Waals surface area contributed by atoms with Crippen molar-refractivity contribution in [1.82, 2.24) is 10.2 Å². The Kier molecular flexibility index (Phi) is 11.5. The predicted octanol–water partition coefficient (Wildman–Crippen LogP) is 6.46. The van der Waals surface area contributed by atoms with Gasteiger partial charge in [-0.3, -0.25) is 13.9 Å². The minimum Gasteiger partial charge on any atom is -0.350 e. The van der Waals surface area contributed by atoms with Crippen molar-refractivity contribution in [3.63, 3.8) is 0 Å². The van der Waals surface area contributed by atoms with E-state index in [1.165, 1.54) is 11.0 Å². The first-order valence-corrected chi connectivity index (χ1v) is 16.2. The number of carbonyl (C=O) groups excluding carboxylic acids is 2. The van der Waals surface area contributed by atoms with E-state index in [0.29, 0.717) is 10.6 Å². The molecule has 3 rings (SSSR count). The SMILES string of the molecule is CC(C)(C)NC(=O)[C@H](Cc1ccccc1)N(Cc1cccc(Cl)c1)C(=O)CCCN(c1cccc(C(F)(F)F)c1)S(C)(=O)=O. The summed E-state index contributed by atoms with van der Waals surface area (Å²) in [5.74, 6) is -0.786. The molecule has 0 radical (unpaired) electrons. The first-order valence-electron chi connectivity index (χ1n) is 14.0. The minimum atomic E-state index is -4.66. The highest BCUT2D eigenvalue weighted by molar-refractivity contribution is 7.92. The Labute approximate surface area is 262 Å². The molecule has 1 N–H and O–H groups in total. The molecule has 0 aliphatic heterocycles. The van der Waals surface area contributed by atoms with E-state index in [9.17, 15) is 31.2 Å².